The molecule has 2 aromatic rings. The predicted octanol–water partition coefficient (Wildman–Crippen LogP) is 7.42. The summed E-state index contributed by atoms with van der Waals surface area (Å²) in [5.74, 6) is -1.62. The van der Waals surface area contributed by atoms with Gasteiger partial charge in [0, 0.05) is 0 Å². The highest BCUT2D eigenvalue weighted by molar-refractivity contribution is 6.55. The van der Waals surface area contributed by atoms with Gasteiger partial charge in [0.25, 0.3) is 11.8 Å². The van der Waals surface area contributed by atoms with E-state index in [0.29, 0.717) is 12.8 Å². The quantitative estimate of drug-likeness (QED) is 0.202. The van der Waals surface area contributed by atoms with E-state index < -0.39 is 23.9 Å². The van der Waals surface area contributed by atoms with Crippen molar-refractivity contribution in [1.82, 2.24) is 10.0 Å². The predicted molar refractivity (Wildman–Crippen MR) is 129 cm³/mol. The second-order valence-electron chi connectivity index (χ2n) is 7.54. The molecule has 1 aliphatic rings. The Balaban J connectivity index is 2.03. The molecule has 176 valence electrons. The molecule has 0 radical (unpaired) electrons. The van der Waals surface area contributed by atoms with Gasteiger partial charge in [0.05, 0.1) is 37.3 Å². The number of amides is 3. The van der Waals surface area contributed by atoms with E-state index >= 15 is 0 Å². The first-order valence-electron chi connectivity index (χ1n) is 10.5. The van der Waals surface area contributed by atoms with E-state index in [4.69, 9.17) is 51.1 Å². The molecule has 10 heteroatoms. The van der Waals surface area contributed by atoms with Crippen LogP contribution in [-0.4, -0.2) is 34.0 Å². The number of halogens is 4. The minimum atomic E-state index is -0.829. The summed E-state index contributed by atoms with van der Waals surface area (Å²) in [6, 6.07) is 8.63. The number of nitrogens with zero attached hydrogens (tertiary/aromatic N) is 2. The summed E-state index contributed by atoms with van der Waals surface area (Å²) >= 11 is 24.7. The van der Waals surface area contributed by atoms with Crippen molar-refractivity contribution in [3.63, 3.8) is 0 Å². The number of hydrazine groups is 1. The highest BCUT2D eigenvalue weighted by atomic mass is 35.5. The number of carbonyl (C=O) groups is 3. The van der Waals surface area contributed by atoms with Gasteiger partial charge in [-0.3, -0.25) is 9.59 Å². The van der Waals surface area contributed by atoms with Crippen LogP contribution in [-0.2, 0) is 11.3 Å². The Labute approximate surface area is 212 Å². The minimum Gasteiger partial charge on any atom is -0.443 e. The molecule has 2 aromatic carbocycles. The van der Waals surface area contributed by atoms with Crippen molar-refractivity contribution in [3.8, 4) is 0 Å². The second kappa shape index (κ2) is 11.0. The van der Waals surface area contributed by atoms with E-state index in [9.17, 15) is 14.4 Å². The fraction of sp³-hybridized carbons (Fsp3) is 0.348. The largest absolute Gasteiger partial charge is 0.443 e. The molecule has 1 heterocycles. The van der Waals surface area contributed by atoms with Crippen molar-refractivity contribution < 1.29 is 19.1 Å². The van der Waals surface area contributed by atoms with Crippen molar-refractivity contribution in [3.05, 3.63) is 67.1 Å². The summed E-state index contributed by atoms with van der Waals surface area (Å²) in [7, 11) is 0. The molecule has 0 fully saturated rings. The summed E-state index contributed by atoms with van der Waals surface area (Å²) in [5.41, 5.74) is 0.391. The smallest absolute Gasteiger partial charge is 0.429 e. The molecule has 0 bridgehead atoms. The molecule has 0 N–H and O–H groups in total. The molecule has 0 spiro atoms. The molecule has 0 unspecified atom stereocenters. The lowest BCUT2D eigenvalue weighted by Gasteiger charge is -2.35. The maximum Gasteiger partial charge on any atom is 0.429 e. The molecule has 3 amide bonds. The van der Waals surface area contributed by atoms with E-state index in [1.807, 2.05) is 32.0 Å². The molecule has 3 rings (SSSR count). The van der Waals surface area contributed by atoms with Crippen LogP contribution in [0.3, 0.4) is 0 Å². The monoisotopic (exact) mass is 530 g/mol. The van der Waals surface area contributed by atoms with Crippen molar-refractivity contribution in [2.75, 3.05) is 0 Å². The summed E-state index contributed by atoms with van der Waals surface area (Å²) in [6.07, 6.45) is 1.70. The number of benzene rings is 2. The first kappa shape index (κ1) is 25.6. The zero-order chi connectivity index (χ0) is 24.3. The number of imide groups is 1. The van der Waals surface area contributed by atoms with Crippen LogP contribution in [0.25, 0.3) is 0 Å². The van der Waals surface area contributed by atoms with Gasteiger partial charge < -0.3 is 4.74 Å². The summed E-state index contributed by atoms with van der Waals surface area (Å²) < 4.78 is 5.50. The summed E-state index contributed by atoms with van der Waals surface area (Å²) in [5, 5.41) is 1.17. The first-order chi connectivity index (χ1) is 15.7. The van der Waals surface area contributed by atoms with Crippen LogP contribution < -0.4 is 0 Å². The first-order valence-corrected chi connectivity index (χ1v) is 12.0. The van der Waals surface area contributed by atoms with Crippen LogP contribution in [0.2, 0.25) is 20.1 Å². The number of hydrogen-bond acceptors (Lipinski definition) is 4. The Bertz CT molecular complexity index is 1030. The number of rotatable bonds is 8. The average molecular weight is 532 g/mol. The molecule has 0 aliphatic carbocycles. The molecule has 1 aliphatic heterocycles. The summed E-state index contributed by atoms with van der Waals surface area (Å²) in [6.45, 7) is 3.88. The van der Waals surface area contributed by atoms with E-state index in [1.54, 1.807) is 12.1 Å². The number of ether oxygens (including phenoxy) is 1. The standard InChI is InChI=1S/C23H22Cl4N2O4/c1-3-8-14(9-4-2)28(23(32)33-12-13-10-6-5-7-11-13)29-21(30)15-16(22(29)31)18(25)20(27)19(26)17(15)24/h5-7,10-11,14H,3-4,8-9,12H2,1-2H3. The van der Waals surface area contributed by atoms with Crippen LogP contribution in [0.5, 0.6) is 0 Å². The maximum absolute atomic E-state index is 13.4. The maximum atomic E-state index is 13.4. The minimum absolute atomic E-state index is 0.0243. The van der Waals surface area contributed by atoms with Gasteiger partial charge >= 0.3 is 6.09 Å². The van der Waals surface area contributed by atoms with Gasteiger partial charge in [-0.05, 0) is 18.4 Å². The van der Waals surface area contributed by atoms with Crippen molar-refractivity contribution in [2.45, 2.75) is 52.2 Å². The van der Waals surface area contributed by atoms with Crippen LogP contribution in [0.4, 0.5) is 4.79 Å². The molecule has 0 aromatic heterocycles. The molecule has 6 nitrogen and oxygen atoms in total. The van der Waals surface area contributed by atoms with Crippen LogP contribution in [0.15, 0.2) is 30.3 Å². The van der Waals surface area contributed by atoms with E-state index in [0.717, 1.165) is 28.4 Å². The van der Waals surface area contributed by atoms with Crippen LogP contribution in [0, 0.1) is 0 Å². The van der Waals surface area contributed by atoms with Crippen molar-refractivity contribution >= 4 is 64.3 Å². The van der Waals surface area contributed by atoms with E-state index in [2.05, 4.69) is 0 Å². The lowest BCUT2D eigenvalue weighted by molar-refractivity contribution is -0.0261. The highest BCUT2D eigenvalue weighted by Gasteiger charge is 2.48. The Morgan fingerprint density at radius 2 is 1.36 bits per heavy atom. The topological polar surface area (TPSA) is 66.9 Å². The number of carbonyl (C=O) groups excluding carboxylic acids is 3. The van der Waals surface area contributed by atoms with Gasteiger partial charge in [0.1, 0.15) is 6.61 Å². The molecular formula is C23H22Cl4N2O4. The lowest BCUT2D eigenvalue weighted by Crippen LogP contribution is -2.54. The highest BCUT2D eigenvalue weighted by Crippen LogP contribution is 2.45. The molecule has 0 saturated heterocycles. The van der Waals surface area contributed by atoms with Gasteiger partial charge in [0.15, 0.2) is 0 Å². The zero-order valence-electron chi connectivity index (χ0n) is 18.0. The Hall–Kier alpha value is -1.99. The Morgan fingerprint density at radius 3 is 1.82 bits per heavy atom. The van der Waals surface area contributed by atoms with E-state index in [1.165, 1.54) is 0 Å². The zero-order valence-corrected chi connectivity index (χ0v) is 21.1. The third-order valence-electron chi connectivity index (χ3n) is 5.28. The van der Waals surface area contributed by atoms with Crippen LogP contribution in [0.1, 0.15) is 65.8 Å². The molecular weight excluding hydrogens is 510 g/mol. The van der Waals surface area contributed by atoms with Gasteiger partial charge in [-0.1, -0.05) is 103 Å². The van der Waals surface area contributed by atoms with Crippen LogP contribution >= 0.6 is 46.4 Å². The Morgan fingerprint density at radius 1 is 0.879 bits per heavy atom. The fourth-order valence-corrected chi connectivity index (χ4v) is 4.78. The molecule has 0 saturated carbocycles. The van der Waals surface area contributed by atoms with Gasteiger partial charge in [-0.25, -0.2) is 9.80 Å². The van der Waals surface area contributed by atoms with Crippen molar-refractivity contribution in [2.24, 2.45) is 0 Å². The Kier molecular flexibility index (Phi) is 8.51. The SMILES string of the molecule is CCCC(CCC)N(C(=O)OCc1ccccc1)N1C(=O)c2c(Cl)c(Cl)c(Cl)c(Cl)c2C1=O. The third kappa shape index (κ3) is 4.94. The fourth-order valence-electron chi connectivity index (χ4n) is 3.77. The van der Waals surface area contributed by atoms with Gasteiger partial charge in [0.2, 0.25) is 0 Å². The second-order valence-corrected chi connectivity index (χ2v) is 9.06. The van der Waals surface area contributed by atoms with E-state index in [-0.39, 0.29) is 37.8 Å². The number of hydrogen-bond donors (Lipinski definition) is 0. The third-order valence-corrected chi connectivity index (χ3v) is 7.08. The van der Waals surface area contributed by atoms with Crippen molar-refractivity contribution in [1.29, 1.82) is 0 Å². The average Bonchev–Trinajstić information content (AvgIpc) is 3.06. The summed E-state index contributed by atoms with van der Waals surface area (Å²) in [4.78, 5) is 40.1. The number of fused-ring (bicyclic) bond motifs is 1. The normalized spacial score (nSPS) is 13.0. The molecule has 0 atom stereocenters. The van der Waals surface area contributed by atoms with Gasteiger partial charge in [-0.15, -0.1) is 0 Å². The lowest BCUT2D eigenvalue weighted by atomic mass is 10.1. The van der Waals surface area contributed by atoms with Gasteiger partial charge in [-0.2, -0.15) is 5.01 Å². The molecule has 33 heavy (non-hydrogen) atoms.